The molecule has 0 aromatic carbocycles. The van der Waals surface area contributed by atoms with Crippen LogP contribution in [-0.4, -0.2) is 68.6 Å². The fourth-order valence-electron chi connectivity index (χ4n) is 1.82. The number of ether oxygens (including phenoxy) is 2. The van der Waals surface area contributed by atoms with E-state index in [-0.39, 0.29) is 6.42 Å². The van der Waals surface area contributed by atoms with E-state index in [1.807, 2.05) is 6.92 Å². The fourth-order valence-corrected chi connectivity index (χ4v) is 2.41. The van der Waals surface area contributed by atoms with Crippen LogP contribution in [0.25, 0.3) is 0 Å². The number of hydrogen-bond donors (Lipinski definition) is 5. The van der Waals surface area contributed by atoms with Gasteiger partial charge in [0.15, 0.2) is 6.29 Å². The molecule has 1 saturated heterocycles. The summed E-state index contributed by atoms with van der Waals surface area (Å²) in [7, 11) is -4.21. The summed E-state index contributed by atoms with van der Waals surface area (Å²) in [6.07, 6.45) is -6.32. The smallest absolute Gasteiger partial charge is 0.325 e. The lowest BCUT2D eigenvalue weighted by Crippen LogP contribution is -2.58. The number of aliphatic hydroxyl groups is 3. The average molecular weight is 300 g/mol. The molecule has 5 N–H and O–H groups in total. The summed E-state index contributed by atoms with van der Waals surface area (Å²) in [5.41, 5.74) is 0. The highest BCUT2D eigenvalue weighted by molar-refractivity contribution is 7.51. The van der Waals surface area contributed by atoms with Gasteiger partial charge < -0.3 is 34.6 Å². The van der Waals surface area contributed by atoms with Gasteiger partial charge in [0, 0.05) is 6.61 Å². The van der Waals surface area contributed by atoms with Gasteiger partial charge in [-0.25, -0.2) is 0 Å². The van der Waals surface area contributed by atoms with E-state index in [1.165, 1.54) is 0 Å². The van der Waals surface area contributed by atoms with Crippen LogP contribution in [0.3, 0.4) is 0 Å². The summed E-state index contributed by atoms with van der Waals surface area (Å²) in [5, 5.41) is 29.0. The number of rotatable bonds is 6. The Balaban J connectivity index is 2.62. The highest BCUT2D eigenvalue weighted by atomic mass is 31.2. The van der Waals surface area contributed by atoms with E-state index in [1.54, 1.807) is 0 Å². The molecule has 9 heteroatoms. The summed E-state index contributed by atoms with van der Waals surface area (Å²) in [5.74, 6) is 0. The third kappa shape index (κ3) is 5.09. The Morgan fingerprint density at radius 2 is 1.79 bits per heavy atom. The third-order valence-corrected chi connectivity index (χ3v) is 3.70. The van der Waals surface area contributed by atoms with Gasteiger partial charge in [-0.3, -0.25) is 4.57 Å². The van der Waals surface area contributed by atoms with E-state index in [0.29, 0.717) is 13.0 Å². The van der Waals surface area contributed by atoms with E-state index in [0.717, 1.165) is 0 Å². The topological polar surface area (TPSA) is 137 Å². The summed E-state index contributed by atoms with van der Waals surface area (Å²) in [6.45, 7) is 2.15. The third-order valence-electron chi connectivity index (χ3n) is 2.86. The van der Waals surface area contributed by atoms with Crippen molar-refractivity contribution < 1.29 is 39.1 Å². The molecule has 1 heterocycles. The monoisotopic (exact) mass is 300 g/mol. The first-order valence-corrected chi connectivity index (χ1v) is 7.92. The molecular weight excluding hydrogens is 279 g/mol. The molecule has 0 spiro atoms. The maximum atomic E-state index is 10.8. The molecular formula is C10H21O8P. The molecule has 0 aromatic rings. The fraction of sp³-hybridized carbons (Fsp3) is 1.00. The maximum absolute atomic E-state index is 10.8. The standard InChI is InChI=1S/C10H21O8P/c1-2-4-17-10-9(13)8(12)7(11)6(18-10)3-5-19(14,15)16/h6-13H,2-5H2,1H3,(H2,14,15,16). The van der Waals surface area contributed by atoms with Gasteiger partial charge in [-0.2, -0.15) is 0 Å². The van der Waals surface area contributed by atoms with E-state index in [2.05, 4.69) is 0 Å². The Kier molecular flexibility index (Phi) is 6.35. The van der Waals surface area contributed by atoms with Crippen LogP contribution < -0.4 is 0 Å². The average Bonchev–Trinajstić information content (AvgIpc) is 2.33. The van der Waals surface area contributed by atoms with Crippen LogP contribution in [0.2, 0.25) is 0 Å². The van der Waals surface area contributed by atoms with Gasteiger partial charge in [0.05, 0.1) is 12.3 Å². The molecule has 0 aromatic heterocycles. The maximum Gasteiger partial charge on any atom is 0.325 e. The molecule has 0 bridgehead atoms. The minimum absolute atomic E-state index is 0.138. The Morgan fingerprint density at radius 3 is 2.32 bits per heavy atom. The van der Waals surface area contributed by atoms with Crippen molar-refractivity contribution in [2.24, 2.45) is 0 Å². The van der Waals surface area contributed by atoms with Gasteiger partial charge in [-0.1, -0.05) is 6.92 Å². The molecule has 19 heavy (non-hydrogen) atoms. The zero-order valence-electron chi connectivity index (χ0n) is 10.6. The minimum Gasteiger partial charge on any atom is -0.388 e. The largest absolute Gasteiger partial charge is 0.388 e. The Morgan fingerprint density at radius 1 is 1.16 bits per heavy atom. The second-order valence-electron chi connectivity index (χ2n) is 4.56. The highest BCUT2D eigenvalue weighted by Gasteiger charge is 2.44. The van der Waals surface area contributed by atoms with Crippen molar-refractivity contribution in [1.29, 1.82) is 0 Å². The van der Waals surface area contributed by atoms with Crippen molar-refractivity contribution >= 4 is 7.60 Å². The van der Waals surface area contributed by atoms with Crippen molar-refractivity contribution in [2.75, 3.05) is 12.8 Å². The first kappa shape index (κ1) is 17.0. The van der Waals surface area contributed by atoms with Gasteiger partial charge >= 0.3 is 7.60 Å². The molecule has 0 aliphatic carbocycles. The van der Waals surface area contributed by atoms with Crippen LogP contribution in [0.5, 0.6) is 0 Å². The lowest BCUT2D eigenvalue weighted by atomic mass is 9.97. The molecule has 114 valence electrons. The van der Waals surface area contributed by atoms with Crippen LogP contribution in [0.15, 0.2) is 0 Å². The number of hydrogen-bond acceptors (Lipinski definition) is 6. The molecule has 1 aliphatic heterocycles. The Bertz CT molecular complexity index is 319. The number of aliphatic hydroxyl groups excluding tert-OH is 3. The van der Waals surface area contributed by atoms with Gasteiger partial charge in [0.1, 0.15) is 18.3 Å². The summed E-state index contributed by atoms with van der Waals surface area (Å²) in [6, 6.07) is 0. The van der Waals surface area contributed by atoms with Gasteiger partial charge in [0.25, 0.3) is 0 Å². The molecule has 1 fully saturated rings. The quantitative estimate of drug-likeness (QED) is 0.385. The Hall–Kier alpha value is -0.0500. The summed E-state index contributed by atoms with van der Waals surface area (Å²) in [4.78, 5) is 17.6. The molecule has 0 saturated carbocycles. The Labute approximate surface area is 111 Å². The predicted molar refractivity (Wildman–Crippen MR) is 64.5 cm³/mol. The normalized spacial score (nSPS) is 36.4. The zero-order chi connectivity index (χ0) is 14.6. The molecule has 0 radical (unpaired) electrons. The van der Waals surface area contributed by atoms with Crippen LogP contribution in [0.4, 0.5) is 0 Å². The van der Waals surface area contributed by atoms with Crippen molar-refractivity contribution in [3.63, 3.8) is 0 Å². The van der Waals surface area contributed by atoms with Gasteiger partial charge in [0.2, 0.25) is 0 Å². The van der Waals surface area contributed by atoms with Crippen molar-refractivity contribution in [1.82, 2.24) is 0 Å². The molecule has 1 rings (SSSR count). The predicted octanol–water partition coefficient (Wildman–Crippen LogP) is -1.21. The molecule has 5 unspecified atom stereocenters. The zero-order valence-corrected chi connectivity index (χ0v) is 11.5. The first-order chi connectivity index (χ1) is 8.76. The molecule has 8 nitrogen and oxygen atoms in total. The SMILES string of the molecule is CCCOC1OC(CCP(=O)(O)O)C(O)C(O)C1O. The van der Waals surface area contributed by atoms with Crippen LogP contribution in [-0.2, 0) is 14.0 Å². The van der Waals surface area contributed by atoms with Crippen molar-refractivity contribution in [2.45, 2.75) is 50.5 Å². The van der Waals surface area contributed by atoms with Crippen LogP contribution >= 0.6 is 7.60 Å². The van der Waals surface area contributed by atoms with E-state index in [9.17, 15) is 19.9 Å². The molecule has 1 aliphatic rings. The van der Waals surface area contributed by atoms with E-state index in [4.69, 9.17) is 19.3 Å². The second kappa shape index (κ2) is 7.10. The summed E-state index contributed by atoms with van der Waals surface area (Å²) < 4.78 is 21.2. The van der Waals surface area contributed by atoms with E-state index >= 15 is 0 Å². The van der Waals surface area contributed by atoms with Gasteiger partial charge in [-0.15, -0.1) is 0 Å². The van der Waals surface area contributed by atoms with Crippen LogP contribution in [0.1, 0.15) is 19.8 Å². The van der Waals surface area contributed by atoms with Crippen molar-refractivity contribution in [3.05, 3.63) is 0 Å². The van der Waals surface area contributed by atoms with Crippen LogP contribution in [0, 0.1) is 0 Å². The molecule has 0 amide bonds. The van der Waals surface area contributed by atoms with E-state index < -0.39 is 44.5 Å². The second-order valence-corrected chi connectivity index (χ2v) is 6.34. The first-order valence-electron chi connectivity index (χ1n) is 6.12. The van der Waals surface area contributed by atoms with Gasteiger partial charge in [-0.05, 0) is 12.8 Å². The van der Waals surface area contributed by atoms with Crippen molar-refractivity contribution in [3.8, 4) is 0 Å². The summed E-state index contributed by atoms with van der Waals surface area (Å²) >= 11 is 0. The lowest BCUT2D eigenvalue weighted by molar-refractivity contribution is -0.296. The highest BCUT2D eigenvalue weighted by Crippen LogP contribution is 2.37. The lowest BCUT2D eigenvalue weighted by Gasteiger charge is -2.40. The minimum atomic E-state index is -4.21. The molecule has 5 atom stereocenters.